The minimum atomic E-state index is -3.03. The van der Waals surface area contributed by atoms with Crippen LogP contribution in [0.2, 0.25) is 0 Å². The van der Waals surface area contributed by atoms with Gasteiger partial charge in [-0.15, -0.1) is 0 Å². The first kappa shape index (κ1) is 15.5. The Bertz CT molecular complexity index is 571. The van der Waals surface area contributed by atoms with Gasteiger partial charge in [-0.05, 0) is 26.7 Å². The Morgan fingerprint density at radius 2 is 1.90 bits per heavy atom. The first-order chi connectivity index (χ1) is 9.29. The smallest absolute Gasteiger partial charge is 0.211 e. The summed E-state index contributed by atoms with van der Waals surface area (Å²) >= 11 is 0. The van der Waals surface area contributed by atoms with Gasteiger partial charge < -0.3 is 5.32 Å². The summed E-state index contributed by atoms with van der Waals surface area (Å²) in [5.41, 5.74) is 3.49. The van der Waals surface area contributed by atoms with E-state index < -0.39 is 10.0 Å². The Morgan fingerprint density at radius 1 is 1.30 bits per heavy atom. The zero-order valence-electron chi connectivity index (χ0n) is 12.7. The van der Waals surface area contributed by atoms with Gasteiger partial charge in [-0.3, -0.25) is 4.68 Å². The number of hydrogen-bond donors (Lipinski definition) is 1. The van der Waals surface area contributed by atoms with Crippen LogP contribution in [-0.2, 0) is 23.6 Å². The van der Waals surface area contributed by atoms with Crippen molar-refractivity contribution in [2.75, 3.05) is 19.3 Å². The van der Waals surface area contributed by atoms with Crippen LogP contribution >= 0.6 is 0 Å². The lowest BCUT2D eigenvalue weighted by atomic mass is 10.1. The molecule has 0 aliphatic carbocycles. The number of piperidine rings is 1. The van der Waals surface area contributed by atoms with Crippen molar-refractivity contribution in [3.8, 4) is 0 Å². The van der Waals surface area contributed by atoms with Gasteiger partial charge in [0.25, 0.3) is 0 Å². The highest BCUT2D eigenvalue weighted by Gasteiger charge is 2.24. The van der Waals surface area contributed by atoms with Crippen molar-refractivity contribution in [3.05, 3.63) is 17.0 Å². The van der Waals surface area contributed by atoms with E-state index in [2.05, 4.69) is 17.3 Å². The summed E-state index contributed by atoms with van der Waals surface area (Å²) in [5, 5.41) is 7.94. The van der Waals surface area contributed by atoms with Gasteiger partial charge in [-0.1, -0.05) is 0 Å². The summed E-state index contributed by atoms with van der Waals surface area (Å²) < 4.78 is 26.4. The lowest BCUT2D eigenvalue weighted by Gasteiger charge is -2.30. The first-order valence-corrected chi connectivity index (χ1v) is 8.81. The van der Waals surface area contributed by atoms with Crippen LogP contribution in [0.3, 0.4) is 0 Å². The Balaban J connectivity index is 1.88. The Labute approximate surface area is 121 Å². The lowest BCUT2D eigenvalue weighted by Crippen LogP contribution is -2.44. The molecule has 20 heavy (non-hydrogen) atoms. The number of aryl methyl sites for hydroxylation is 2. The Morgan fingerprint density at radius 3 is 2.35 bits per heavy atom. The minimum Gasteiger partial charge on any atom is -0.310 e. The van der Waals surface area contributed by atoms with Crippen LogP contribution < -0.4 is 5.32 Å². The summed E-state index contributed by atoms with van der Waals surface area (Å²) in [4.78, 5) is 0. The van der Waals surface area contributed by atoms with Crippen molar-refractivity contribution in [2.45, 2.75) is 39.3 Å². The van der Waals surface area contributed by atoms with Crippen LogP contribution in [0.5, 0.6) is 0 Å². The second kappa shape index (κ2) is 5.83. The van der Waals surface area contributed by atoms with Gasteiger partial charge in [-0.25, -0.2) is 12.7 Å². The molecule has 2 rings (SSSR count). The number of rotatable bonds is 4. The van der Waals surface area contributed by atoms with Crippen molar-refractivity contribution >= 4 is 10.0 Å². The van der Waals surface area contributed by atoms with Gasteiger partial charge in [0, 0.05) is 44.0 Å². The molecule has 2 heterocycles. The molecular formula is C13H24N4O2S. The van der Waals surface area contributed by atoms with Gasteiger partial charge >= 0.3 is 0 Å². The maximum absolute atomic E-state index is 11.5. The van der Waals surface area contributed by atoms with Gasteiger partial charge in [-0.2, -0.15) is 5.10 Å². The molecule has 6 nitrogen and oxygen atoms in total. The maximum atomic E-state index is 11.5. The molecule has 0 amide bonds. The van der Waals surface area contributed by atoms with Crippen molar-refractivity contribution in [2.24, 2.45) is 7.05 Å². The lowest BCUT2D eigenvalue weighted by molar-refractivity contribution is 0.290. The van der Waals surface area contributed by atoms with E-state index in [9.17, 15) is 8.42 Å². The Kier molecular flexibility index (Phi) is 4.51. The average molecular weight is 300 g/mol. The average Bonchev–Trinajstić information content (AvgIpc) is 2.61. The highest BCUT2D eigenvalue weighted by molar-refractivity contribution is 7.88. The van der Waals surface area contributed by atoms with Gasteiger partial charge in [0.2, 0.25) is 10.0 Å². The molecule has 7 heteroatoms. The van der Waals surface area contributed by atoms with Crippen LogP contribution in [-0.4, -0.2) is 47.9 Å². The second-order valence-electron chi connectivity index (χ2n) is 5.59. The van der Waals surface area contributed by atoms with Gasteiger partial charge in [0.05, 0.1) is 11.9 Å². The molecule has 0 aromatic carbocycles. The molecule has 1 aromatic rings. The highest BCUT2D eigenvalue weighted by atomic mass is 32.2. The molecule has 1 aliphatic heterocycles. The molecule has 1 N–H and O–H groups in total. The summed E-state index contributed by atoms with van der Waals surface area (Å²) in [5.74, 6) is 0. The molecule has 0 bridgehead atoms. The summed E-state index contributed by atoms with van der Waals surface area (Å²) in [7, 11) is -1.08. The highest BCUT2D eigenvalue weighted by Crippen LogP contribution is 2.16. The van der Waals surface area contributed by atoms with E-state index in [-0.39, 0.29) is 0 Å². The zero-order chi connectivity index (χ0) is 14.9. The molecule has 0 saturated carbocycles. The molecule has 1 aliphatic rings. The molecular weight excluding hydrogens is 276 g/mol. The van der Waals surface area contributed by atoms with Crippen molar-refractivity contribution in [1.29, 1.82) is 0 Å². The Hall–Kier alpha value is -0.920. The van der Waals surface area contributed by atoms with Crippen LogP contribution in [0.15, 0.2) is 0 Å². The molecule has 1 fully saturated rings. The molecule has 0 spiro atoms. The molecule has 1 saturated heterocycles. The largest absolute Gasteiger partial charge is 0.310 e. The predicted molar refractivity (Wildman–Crippen MR) is 79.0 cm³/mol. The fourth-order valence-corrected chi connectivity index (χ4v) is 3.59. The molecule has 114 valence electrons. The third-order valence-corrected chi connectivity index (χ3v) is 5.45. The molecule has 0 atom stereocenters. The van der Waals surface area contributed by atoms with Crippen molar-refractivity contribution < 1.29 is 8.42 Å². The second-order valence-corrected chi connectivity index (χ2v) is 7.57. The first-order valence-electron chi connectivity index (χ1n) is 6.96. The van der Waals surface area contributed by atoms with E-state index in [0.717, 1.165) is 25.1 Å². The van der Waals surface area contributed by atoms with Crippen molar-refractivity contribution in [1.82, 2.24) is 19.4 Å². The molecule has 0 radical (unpaired) electrons. The molecule has 0 unspecified atom stereocenters. The van der Waals surface area contributed by atoms with E-state index >= 15 is 0 Å². The normalized spacial score (nSPS) is 18.6. The summed E-state index contributed by atoms with van der Waals surface area (Å²) in [6.07, 6.45) is 3.01. The quantitative estimate of drug-likeness (QED) is 0.882. The molecule has 1 aromatic heterocycles. The number of hydrogen-bond acceptors (Lipinski definition) is 4. The van der Waals surface area contributed by atoms with E-state index in [1.54, 1.807) is 4.31 Å². The monoisotopic (exact) mass is 300 g/mol. The minimum absolute atomic E-state index is 0.381. The zero-order valence-corrected chi connectivity index (χ0v) is 13.5. The van der Waals surface area contributed by atoms with E-state index in [1.807, 2.05) is 18.7 Å². The number of sulfonamides is 1. The van der Waals surface area contributed by atoms with Gasteiger partial charge in [0.15, 0.2) is 0 Å². The summed E-state index contributed by atoms with van der Waals surface area (Å²) in [6.45, 7) is 6.12. The van der Waals surface area contributed by atoms with Crippen molar-refractivity contribution in [3.63, 3.8) is 0 Å². The van der Waals surface area contributed by atoms with E-state index in [4.69, 9.17) is 0 Å². The maximum Gasteiger partial charge on any atom is 0.211 e. The fourth-order valence-electron chi connectivity index (χ4n) is 2.71. The topological polar surface area (TPSA) is 67.2 Å². The third-order valence-electron chi connectivity index (χ3n) is 4.15. The summed E-state index contributed by atoms with van der Waals surface area (Å²) in [6, 6.07) is 0.381. The van der Waals surface area contributed by atoms with Gasteiger partial charge in [0.1, 0.15) is 0 Å². The third kappa shape index (κ3) is 3.39. The van der Waals surface area contributed by atoms with Crippen LogP contribution in [0.1, 0.15) is 29.8 Å². The van der Waals surface area contributed by atoms with Crippen LogP contribution in [0.4, 0.5) is 0 Å². The number of nitrogens with zero attached hydrogens (tertiary/aromatic N) is 3. The SMILES string of the molecule is Cc1nn(C)c(C)c1CNC1CCN(S(C)(=O)=O)CC1. The number of nitrogens with one attached hydrogen (secondary N) is 1. The van der Waals surface area contributed by atoms with Crippen LogP contribution in [0, 0.1) is 13.8 Å². The van der Waals surface area contributed by atoms with E-state index in [0.29, 0.717) is 19.1 Å². The standard InChI is InChI=1S/C13H24N4O2S/c1-10-13(11(2)16(3)15-10)9-14-12-5-7-17(8-6-12)20(4,18)19/h12,14H,5-9H2,1-4H3. The number of aromatic nitrogens is 2. The van der Waals surface area contributed by atoms with Crippen LogP contribution in [0.25, 0.3) is 0 Å². The fraction of sp³-hybridized carbons (Fsp3) is 0.769. The van der Waals surface area contributed by atoms with E-state index in [1.165, 1.54) is 17.5 Å². The predicted octanol–water partition coefficient (Wildman–Crippen LogP) is 0.551.